The molecular weight excluding hydrogens is 264 g/mol. The molecule has 0 fully saturated rings. The van der Waals surface area contributed by atoms with Gasteiger partial charge in [0.2, 0.25) is 0 Å². The molecule has 21 heavy (non-hydrogen) atoms. The molecule has 0 radical (unpaired) electrons. The fourth-order valence-electron chi connectivity index (χ4n) is 2.40. The molecule has 0 aliphatic rings. The van der Waals surface area contributed by atoms with E-state index in [9.17, 15) is 0 Å². The molecule has 1 aromatic heterocycles. The van der Waals surface area contributed by atoms with Crippen LogP contribution in [-0.2, 0) is 6.42 Å². The molecule has 1 aromatic carbocycles. The standard InChI is InChI=1S/C17H24N2O2/c1-5-12-11-13(18-6-2)16-14(20-7-3)9-10-15(21-8-4)17(16)19-12/h9-11H,5-8H2,1-4H3,(H,18,19). The lowest BCUT2D eigenvalue weighted by atomic mass is 10.1. The van der Waals surface area contributed by atoms with Gasteiger partial charge >= 0.3 is 0 Å². The van der Waals surface area contributed by atoms with Gasteiger partial charge in [0.05, 0.1) is 18.6 Å². The molecule has 0 aliphatic carbocycles. The smallest absolute Gasteiger partial charge is 0.145 e. The van der Waals surface area contributed by atoms with E-state index < -0.39 is 0 Å². The number of hydrogen-bond donors (Lipinski definition) is 1. The van der Waals surface area contributed by atoms with E-state index in [4.69, 9.17) is 14.5 Å². The molecule has 114 valence electrons. The maximum absolute atomic E-state index is 5.78. The second-order valence-corrected chi connectivity index (χ2v) is 4.70. The highest BCUT2D eigenvalue weighted by molar-refractivity contribution is 6.00. The number of ether oxygens (including phenoxy) is 2. The van der Waals surface area contributed by atoms with Crippen molar-refractivity contribution < 1.29 is 9.47 Å². The third-order valence-electron chi connectivity index (χ3n) is 3.27. The Morgan fingerprint density at radius 3 is 2.29 bits per heavy atom. The molecule has 0 spiro atoms. The van der Waals surface area contributed by atoms with Crippen LogP contribution in [0.4, 0.5) is 5.69 Å². The first kappa shape index (κ1) is 15.4. The topological polar surface area (TPSA) is 43.4 Å². The number of nitrogens with one attached hydrogen (secondary N) is 1. The van der Waals surface area contributed by atoms with E-state index in [1.807, 2.05) is 26.0 Å². The van der Waals surface area contributed by atoms with Crippen LogP contribution < -0.4 is 14.8 Å². The van der Waals surface area contributed by atoms with Crippen molar-refractivity contribution in [1.29, 1.82) is 0 Å². The number of benzene rings is 1. The van der Waals surface area contributed by atoms with Gasteiger partial charge in [0.1, 0.15) is 17.0 Å². The number of anilines is 1. The normalized spacial score (nSPS) is 10.7. The molecule has 0 saturated carbocycles. The summed E-state index contributed by atoms with van der Waals surface area (Å²) in [6.07, 6.45) is 0.888. The van der Waals surface area contributed by atoms with Crippen molar-refractivity contribution in [2.75, 3.05) is 25.1 Å². The van der Waals surface area contributed by atoms with E-state index in [1.165, 1.54) is 0 Å². The van der Waals surface area contributed by atoms with E-state index in [-0.39, 0.29) is 0 Å². The molecule has 2 rings (SSSR count). The number of rotatable bonds is 7. The lowest BCUT2D eigenvalue weighted by Gasteiger charge is -2.16. The van der Waals surface area contributed by atoms with Crippen LogP contribution in [0.15, 0.2) is 18.2 Å². The highest BCUT2D eigenvalue weighted by Gasteiger charge is 2.14. The van der Waals surface area contributed by atoms with Crippen LogP contribution in [0.5, 0.6) is 11.5 Å². The highest BCUT2D eigenvalue weighted by atomic mass is 16.5. The quantitative estimate of drug-likeness (QED) is 0.835. The molecular formula is C17H24N2O2. The molecule has 1 N–H and O–H groups in total. The van der Waals surface area contributed by atoms with Crippen molar-refractivity contribution >= 4 is 16.6 Å². The lowest BCUT2D eigenvalue weighted by molar-refractivity contribution is 0.336. The van der Waals surface area contributed by atoms with Crippen molar-refractivity contribution in [1.82, 2.24) is 4.98 Å². The van der Waals surface area contributed by atoms with Gasteiger partial charge in [-0.15, -0.1) is 0 Å². The molecule has 1 heterocycles. The van der Waals surface area contributed by atoms with E-state index in [1.54, 1.807) is 0 Å². The van der Waals surface area contributed by atoms with Gasteiger partial charge in [-0.2, -0.15) is 0 Å². The molecule has 2 aromatic rings. The first-order valence-electron chi connectivity index (χ1n) is 7.71. The number of pyridine rings is 1. The van der Waals surface area contributed by atoms with Gasteiger partial charge in [-0.25, -0.2) is 4.98 Å². The summed E-state index contributed by atoms with van der Waals surface area (Å²) in [5, 5.41) is 4.42. The Balaban J connectivity index is 2.74. The average Bonchev–Trinajstić information content (AvgIpc) is 2.50. The van der Waals surface area contributed by atoms with Gasteiger partial charge in [-0.3, -0.25) is 0 Å². The van der Waals surface area contributed by atoms with Crippen LogP contribution in [0.1, 0.15) is 33.4 Å². The molecule has 0 unspecified atom stereocenters. The van der Waals surface area contributed by atoms with Crippen LogP contribution in [0.25, 0.3) is 10.9 Å². The van der Waals surface area contributed by atoms with E-state index in [2.05, 4.69) is 25.2 Å². The summed E-state index contributed by atoms with van der Waals surface area (Å²) in [5.74, 6) is 1.66. The van der Waals surface area contributed by atoms with Crippen LogP contribution in [-0.4, -0.2) is 24.7 Å². The molecule has 0 saturated heterocycles. The zero-order chi connectivity index (χ0) is 15.2. The Bertz CT molecular complexity index is 611. The first-order valence-corrected chi connectivity index (χ1v) is 7.71. The van der Waals surface area contributed by atoms with Crippen LogP contribution in [0.3, 0.4) is 0 Å². The Hall–Kier alpha value is -1.97. The SMILES string of the molecule is CCNc1cc(CC)nc2c(OCC)ccc(OCC)c12. The third-order valence-corrected chi connectivity index (χ3v) is 3.27. The summed E-state index contributed by atoms with van der Waals surface area (Å²) in [7, 11) is 0. The molecule has 0 bridgehead atoms. The maximum Gasteiger partial charge on any atom is 0.145 e. The molecule has 4 heteroatoms. The Kier molecular flexibility index (Phi) is 5.26. The summed E-state index contributed by atoms with van der Waals surface area (Å²) in [6.45, 7) is 10.3. The molecule has 0 atom stereocenters. The van der Waals surface area contributed by atoms with Gasteiger partial charge in [0.15, 0.2) is 0 Å². The van der Waals surface area contributed by atoms with Crippen LogP contribution in [0, 0.1) is 0 Å². The molecule has 0 amide bonds. The second kappa shape index (κ2) is 7.16. The first-order chi connectivity index (χ1) is 10.2. The van der Waals surface area contributed by atoms with E-state index in [0.29, 0.717) is 13.2 Å². The van der Waals surface area contributed by atoms with Crippen molar-refractivity contribution in [3.63, 3.8) is 0 Å². The Labute approximate surface area is 126 Å². The summed E-state index contributed by atoms with van der Waals surface area (Å²) >= 11 is 0. The Morgan fingerprint density at radius 1 is 1.00 bits per heavy atom. The number of fused-ring (bicyclic) bond motifs is 1. The van der Waals surface area contributed by atoms with Crippen molar-refractivity contribution in [3.8, 4) is 11.5 Å². The van der Waals surface area contributed by atoms with Crippen molar-refractivity contribution in [2.45, 2.75) is 34.1 Å². The Morgan fingerprint density at radius 2 is 1.67 bits per heavy atom. The number of nitrogens with zero attached hydrogens (tertiary/aromatic N) is 1. The zero-order valence-electron chi connectivity index (χ0n) is 13.3. The monoisotopic (exact) mass is 288 g/mol. The van der Waals surface area contributed by atoms with Gasteiger partial charge in [-0.05, 0) is 45.4 Å². The number of hydrogen-bond acceptors (Lipinski definition) is 4. The van der Waals surface area contributed by atoms with Gasteiger partial charge in [0, 0.05) is 17.9 Å². The summed E-state index contributed by atoms with van der Waals surface area (Å²) in [6, 6.07) is 6.01. The van der Waals surface area contributed by atoms with Gasteiger partial charge in [-0.1, -0.05) is 6.92 Å². The van der Waals surface area contributed by atoms with Crippen molar-refractivity contribution in [2.24, 2.45) is 0 Å². The minimum Gasteiger partial charge on any atom is -0.493 e. The lowest BCUT2D eigenvalue weighted by Crippen LogP contribution is -2.04. The minimum atomic E-state index is 0.623. The largest absolute Gasteiger partial charge is 0.493 e. The second-order valence-electron chi connectivity index (χ2n) is 4.70. The summed E-state index contributed by atoms with van der Waals surface area (Å²) < 4.78 is 11.5. The van der Waals surface area contributed by atoms with E-state index >= 15 is 0 Å². The summed E-state index contributed by atoms with van der Waals surface area (Å²) in [5.41, 5.74) is 2.98. The molecule has 0 aliphatic heterocycles. The maximum atomic E-state index is 5.78. The minimum absolute atomic E-state index is 0.623. The van der Waals surface area contributed by atoms with Gasteiger partial charge in [0.25, 0.3) is 0 Å². The van der Waals surface area contributed by atoms with Crippen LogP contribution >= 0.6 is 0 Å². The van der Waals surface area contributed by atoms with Crippen molar-refractivity contribution in [3.05, 3.63) is 23.9 Å². The molecule has 4 nitrogen and oxygen atoms in total. The van der Waals surface area contributed by atoms with Gasteiger partial charge < -0.3 is 14.8 Å². The predicted octanol–water partition coefficient (Wildman–Crippen LogP) is 4.03. The van der Waals surface area contributed by atoms with E-state index in [0.717, 1.165) is 46.7 Å². The number of aromatic nitrogens is 1. The highest BCUT2D eigenvalue weighted by Crippen LogP contribution is 2.37. The predicted molar refractivity (Wildman–Crippen MR) is 87.6 cm³/mol. The average molecular weight is 288 g/mol. The third kappa shape index (κ3) is 3.20. The van der Waals surface area contributed by atoms with Crippen LogP contribution in [0.2, 0.25) is 0 Å². The fourth-order valence-corrected chi connectivity index (χ4v) is 2.40. The zero-order valence-corrected chi connectivity index (χ0v) is 13.3. The summed E-state index contributed by atoms with van der Waals surface area (Å²) in [4.78, 5) is 4.75. The fraction of sp³-hybridized carbons (Fsp3) is 0.471. The number of aryl methyl sites for hydroxylation is 1.